The number of hydrogen-bond donors (Lipinski definition) is 3. The van der Waals surface area contributed by atoms with Gasteiger partial charge in [0.05, 0.1) is 0 Å². The van der Waals surface area contributed by atoms with Gasteiger partial charge in [-0.2, -0.15) is 12.6 Å². The van der Waals surface area contributed by atoms with Crippen molar-refractivity contribution in [3.63, 3.8) is 0 Å². The molecule has 0 amide bonds. The summed E-state index contributed by atoms with van der Waals surface area (Å²) in [6.45, 7) is 3.32. The van der Waals surface area contributed by atoms with Crippen molar-refractivity contribution in [2.75, 3.05) is 0 Å². The Labute approximate surface area is 97.9 Å². The number of carboxylic acids is 1. The Morgan fingerprint density at radius 1 is 1.64 bits per heavy atom. The Kier molecular flexibility index (Phi) is 10.7. The fourth-order valence-corrected chi connectivity index (χ4v) is 0.413. The molecule has 0 aromatic heterocycles. The molecule has 0 spiro atoms. The maximum atomic E-state index is 10.2. The summed E-state index contributed by atoms with van der Waals surface area (Å²) in [4.78, 5) is 10.2. The molecule has 3 N–H and O–H groups in total. The van der Waals surface area contributed by atoms with Crippen LogP contribution in [0.1, 0.15) is 13.8 Å². The van der Waals surface area contributed by atoms with Gasteiger partial charge in [0.1, 0.15) is 6.04 Å². The summed E-state index contributed by atoms with van der Waals surface area (Å²) in [7, 11) is 0. The first-order valence-electron chi connectivity index (χ1n) is 2.56. The molecule has 0 fully saturated rings. The number of aliphatic carboxylic acids is 1. The Morgan fingerprint density at radius 2 is 1.91 bits per heavy atom. The van der Waals surface area contributed by atoms with Crippen LogP contribution in [-0.2, 0) is 44.2 Å². The van der Waals surface area contributed by atoms with E-state index in [1.165, 1.54) is 0 Å². The fourth-order valence-electron chi connectivity index (χ4n) is 0.302. The second-order valence-corrected chi connectivity index (χ2v) is 3.62. The molecule has 0 heterocycles. The van der Waals surface area contributed by atoms with E-state index in [4.69, 9.17) is 10.8 Å². The van der Waals surface area contributed by atoms with Gasteiger partial charge >= 0.3 is 5.97 Å². The van der Waals surface area contributed by atoms with Crippen LogP contribution in [0, 0.1) is 0 Å². The van der Waals surface area contributed by atoms with Crippen molar-refractivity contribution >= 4 is 18.6 Å². The maximum absolute atomic E-state index is 10.2. The molecule has 0 aliphatic carbocycles. The smallest absolute Gasteiger partial charge is 0.321 e. The normalized spacial score (nSPS) is 12.4. The number of nitrogens with two attached hydrogens (primary N) is 1. The van der Waals surface area contributed by atoms with Crippen molar-refractivity contribution in [2.24, 2.45) is 5.73 Å². The largest absolute Gasteiger partial charge is 0.480 e. The molecule has 0 aromatic carbocycles. The van der Waals surface area contributed by atoms with Crippen LogP contribution in [0.4, 0.5) is 0 Å². The summed E-state index contributed by atoms with van der Waals surface area (Å²) < 4.78 is -0.647. The van der Waals surface area contributed by atoms with Gasteiger partial charge in [0.15, 0.2) is 0 Å². The zero-order valence-electron chi connectivity index (χ0n) is 6.06. The number of rotatable bonds is 2. The molecule has 3 nitrogen and oxygen atoms in total. The maximum Gasteiger partial charge on any atom is 0.321 e. The quantitative estimate of drug-likeness (QED) is 0.448. The van der Waals surface area contributed by atoms with Gasteiger partial charge in [0.2, 0.25) is 0 Å². The summed E-state index contributed by atoms with van der Waals surface area (Å²) in [5.41, 5.74) is 5.22. The monoisotopic (exact) mass is 409 g/mol. The van der Waals surface area contributed by atoms with E-state index in [2.05, 4.69) is 12.6 Å². The van der Waals surface area contributed by atoms with Crippen molar-refractivity contribution in [1.29, 1.82) is 0 Å². The molecular formula is C5H11AuCuNO2S. The Balaban J connectivity index is -0.000000320. The summed E-state index contributed by atoms with van der Waals surface area (Å²) in [5.74, 6) is -1.02. The molecule has 0 aliphatic rings. The Hall–Kier alpha value is 1.04. The first-order chi connectivity index (χ1) is 3.85. The van der Waals surface area contributed by atoms with Crippen LogP contribution < -0.4 is 5.73 Å². The SMILES string of the molecule is CC(C)(S)[C@@H](N)C(=O)O.[Au].[Cu]. The predicted octanol–water partition coefficient (Wildman–Crippen LogP) is 0.102. The van der Waals surface area contributed by atoms with Gasteiger partial charge in [0, 0.05) is 44.2 Å². The number of hydrogen-bond acceptors (Lipinski definition) is 3. The zero-order chi connectivity index (χ0) is 7.65. The Bertz CT molecular complexity index is 128. The first kappa shape index (κ1) is 18.0. The van der Waals surface area contributed by atoms with E-state index in [-0.39, 0.29) is 39.4 Å². The van der Waals surface area contributed by atoms with Gasteiger partial charge in [-0.25, -0.2) is 0 Å². The van der Waals surface area contributed by atoms with Crippen molar-refractivity contribution in [1.82, 2.24) is 0 Å². The Morgan fingerprint density at radius 3 is 1.91 bits per heavy atom. The fraction of sp³-hybridized carbons (Fsp3) is 0.800. The van der Waals surface area contributed by atoms with Gasteiger partial charge in [0.25, 0.3) is 0 Å². The molecule has 0 bridgehead atoms. The summed E-state index contributed by atoms with van der Waals surface area (Å²) in [6, 6.07) is -0.902. The zero-order valence-corrected chi connectivity index (χ0v) is 10.1. The van der Waals surface area contributed by atoms with Crippen LogP contribution >= 0.6 is 12.6 Å². The van der Waals surface area contributed by atoms with Crippen LogP contribution in [-0.4, -0.2) is 21.9 Å². The molecule has 0 rings (SSSR count). The second kappa shape index (κ2) is 6.54. The van der Waals surface area contributed by atoms with Gasteiger partial charge in [-0.15, -0.1) is 0 Å². The van der Waals surface area contributed by atoms with E-state index in [0.29, 0.717) is 0 Å². The average molecular weight is 410 g/mol. The van der Waals surface area contributed by atoms with Gasteiger partial charge < -0.3 is 10.8 Å². The molecule has 0 saturated heterocycles. The molecule has 76 valence electrons. The van der Waals surface area contributed by atoms with Gasteiger partial charge in [-0.05, 0) is 13.8 Å². The van der Waals surface area contributed by atoms with Gasteiger partial charge in [-0.1, -0.05) is 0 Å². The number of thiol groups is 1. The third kappa shape index (κ3) is 7.40. The van der Waals surface area contributed by atoms with E-state index in [0.717, 1.165) is 0 Å². The summed E-state index contributed by atoms with van der Waals surface area (Å²) in [5, 5.41) is 8.34. The van der Waals surface area contributed by atoms with Crippen LogP contribution in [0.15, 0.2) is 0 Å². The van der Waals surface area contributed by atoms with Crippen LogP contribution in [0.25, 0.3) is 0 Å². The van der Waals surface area contributed by atoms with E-state index in [1.54, 1.807) is 13.8 Å². The third-order valence-electron chi connectivity index (χ3n) is 1.03. The van der Waals surface area contributed by atoms with E-state index >= 15 is 0 Å². The van der Waals surface area contributed by atoms with Crippen molar-refractivity contribution in [3.8, 4) is 0 Å². The molecular weight excluding hydrogens is 399 g/mol. The van der Waals surface area contributed by atoms with Crippen molar-refractivity contribution in [2.45, 2.75) is 24.6 Å². The third-order valence-corrected chi connectivity index (χ3v) is 1.31. The molecule has 2 radical (unpaired) electrons. The van der Waals surface area contributed by atoms with Gasteiger partial charge in [-0.3, -0.25) is 4.79 Å². The average Bonchev–Trinajstić information content (AvgIpc) is 1.62. The van der Waals surface area contributed by atoms with Crippen LogP contribution in [0.5, 0.6) is 0 Å². The standard InChI is InChI=1S/C5H11NO2S.Au.Cu/c1-5(2,9)3(6)4(7)8;;/h3,9H,6H2,1-2H3,(H,7,8);;/t3-;;/m0../s1. The minimum Gasteiger partial charge on any atom is -0.480 e. The van der Waals surface area contributed by atoms with Crippen LogP contribution in [0.3, 0.4) is 0 Å². The summed E-state index contributed by atoms with van der Waals surface area (Å²) in [6.07, 6.45) is 0. The molecule has 11 heavy (non-hydrogen) atoms. The van der Waals surface area contributed by atoms with E-state index < -0.39 is 16.8 Å². The summed E-state index contributed by atoms with van der Waals surface area (Å²) >= 11 is 3.98. The topological polar surface area (TPSA) is 63.3 Å². The number of carbonyl (C=O) groups is 1. The minimum atomic E-state index is -1.02. The van der Waals surface area contributed by atoms with Crippen molar-refractivity contribution in [3.05, 3.63) is 0 Å². The molecule has 0 saturated carbocycles. The molecule has 0 aromatic rings. The van der Waals surface area contributed by atoms with Crippen LogP contribution in [0.2, 0.25) is 0 Å². The minimum absolute atomic E-state index is 0. The van der Waals surface area contributed by atoms with Crippen molar-refractivity contribution < 1.29 is 49.3 Å². The molecule has 6 heteroatoms. The van der Waals surface area contributed by atoms with E-state index in [1.807, 2.05) is 0 Å². The predicted molar refractivity (Wildman–Crippen MR) is 38.7 cm³/mol. The molecule has 0 unspecified atom stereocenters. The van der Waals surface area contributed by atoms with E-state index in [9.17, 15) is 4.79 Å². The molecule has 0 aliphatic heterocycles. The first-order valence-corrected chi connectivity index (χ1v) is 3.01. The number of carboxylic acid groups (broad SMARTS) is 1. The second-order valence-electron chi connectivity index (χ2n) is 2.47. The molecule has 1 atom stereocenters.